The van der Waals surface area contributed by atoms with E-state index in [1.165, 1.54) is 27.6 Å². The fourth-order valence-corrected chi connectivity index (χ4v) is 3.77. The molecule has 24 heavy (non-hydrogen) atoms. The first-order valence-corrected chi connectivity index (χ1v) is 8.97. The largest absolute Gasteiger partial charge is 0.325 e. The Balaban J connectivity index is 1.68. The number of anilines is 1. The molecule has 0 aliphatic heterocycles. The number of nitrogens with one attached hydrogen (secondary N) is 1. The molecule has 0 atom stereocenters. The highest BCUT2D eigenvalue weighted by molar-refractivity contribution is 8.01. The zero-order valence-corrected chi connectivity index (χ0v) is 15.0. The van der Waals surface area contributed by atoms with Gasteiger partial charge in [0.1, 0.15) is 5.69 Å². The van der Waals surface area contributed by atoms with E-state index in [2.05, 4.69) is 20.6 Å². The summed E-state index contributed by atoms with van der Waals surface area (Å²) >= 11 is 2.50. The molecule has 0 aliphatic rings. The van der Waals surface area contributed by atoms with Gasteiger partial charge in [-0.25, -0.2) is 0 Å². The van der Waals surface area contributed by atoms with Crippen LogP contribution in [0.4, 0.5) is 5.69 Å². The lowest BCUT2D eigenvalue weighted by molar-refractivity contribution is -0.113. The number of amides is 1. The average Bonchev–Trinajstić information content (AvgIpc) is 2.96. The van der Waals surface area contributed by atoms with Crippen molar-refractivity contribution in [1.29, 1.82) is 0 Å². The second-order valence-corrected chi connectivity index (χ2v) is 7.49. The van der Waals surface area contributed by atoms with E-state index in [9.17, 15) is 9.59 Å². The lowest BCUT2D eigenvalue weighted by atomic mass is 10.1. The van der Waals surface area contributed by atoms with Gasteiger partial charge in [-0.1, -0.05) is 40.8 Å². The fourth-order valence-electron chi connectivity index (χ4n) is 2.10. The summed E-state index contributed by atoms with van der Waals surface area (Å²) in [4.78, 5) is 24.4. The topological polar surface area (TPSA) is 89.3 Å². The second kappa shape index (κ2) is 6.70. The molecular formula is C15H15N5O2S2. The van der Waals surface area contributed by atoms with Crippen LogP contribution in [0.5, 0.6) is 0 Å². The zero-order valence-electron chi connectivity index (χ0n) is 13.4. The van der Waals surface area contributed by atoms with Crippen LogP contribution >= 0.6 is 23.1 Å². The standard InChI is InChI=1S/C15H15N5O2S2/c1-8-4-5-11(9(2)6-8)16-12(21)7-23-15-19-20-13(22)10(3)17-18-14(20)24-15/h4-6H,7H2,1-3H3,(H,16,21). The van der Waals surface area contributed by atoms with Crippen molar-refractivity contribution in [2.24, 2.45) is 0 Å². The van der Waals surface area contributed by atoms with E-state index in [4.69, 9.17) is 0 Å². The van der Waals surface area contributed by atoms with Gasteiger partial charge in [0.2, 0.25) is 10.9 Å². The third-order valence-corrected chi connectivity index (χ3v) is 5.34. The number of aryl methyl sites for hydroxylation is 3. The molecular weight excluding hydrogens is 346 g/mol. The third kappa shape index (κ3) is 3.46. The molecule has 1 aromatic carbocycles. The first kappa shape index (κ1) is 16.6. The van der Waals surface area contributed by atoms with Crippen LogP contribution in [0.1, 0.15) is 16.8 Å². The van der Waals surface area contributed by atoms with Crippen LogP contribution in [-0.2, 0) is 4.79 Å². The number of thioether (sulfide) groups is 1. The van der Waals surface area contributed by atoms with Crippen LogP contribution in [-0.4, -0.2) is 31.5 Å². The molecule has 1 amide bonds. The number of aromatic nitrogens is 4. The molecule has 2 aromatic heterocycles. The van der Waals surface area contributed by atoms with Gasteiger partial charge >= 0.3 is 0 Å². The molecule has 124 valence electrons. The van der Waals surface area contributed by atoms with Crippen LogP contribution in [0.25, 0.3) is 4.96 Å². The Kier molecular flexibility index (Phi) is 4.63. The first-order chi connectivity index (χ1) is 11.4. The minimum atomic E-state index is -0.289. The van der Waals surface area contributed by atoms with Crippen molar-refractivity contribution in [1.82, 2.24) is 19.8 Å². The summed E-state index contributed by atoms with van der Waals surface area (Å²) in [6, 6.07) is 5.86. The fraction of sp³-hybridized carbons (Fsp3) is 0.267. The molecule has 0 fully saturated rings. The Morgan fingerprint density at radius 3 is 2.83 bits per heavy atom. The summed E-state index contributed by atoms with van der Waals surface area (Å²) in [6.45, 7) is 5.55. The molecule has 0 aliphatic carbocycles. The van der Waals surface area contributed by atoms with E-state index in [1.807, 2.05) is 32.0 Å². The van der Waals surface area contributed by atoms with Gasteiger partial charge in [0, 0.05) is 5.69 Å². The highest BCUT2D eigenvalue weighted by Crippen LogP contribution is 2.23. The van der Waals surface area contributed by atoms with Crippen LogP contribution < -0.4 is 10.9 Å². The molecule has 3 rings (SSSR count). The quantitative estimate of drug-likeness (QED) is 0.717. The summed E-state index contributed by atoms with van der Waals surface area (Å²) in [6.07, 6.45) is 0. The van der Waals surface area contributed by atoms with E-state index in [1.54, 1.807) is 6.92 Å². The number of nitrogens with zero attached hydrogens (tertiary/aromatic N) is 4. The number of hydrogen-bond donors (Lipinski definition) is 1. The van der Waals surface area contributed by atoms with Crippen molar-refractivity contribution >= 4 is 39.7 Å². The number of hydrogen-bond acceptors (Lipinski definition) is 7. The number of rotatable bonds is 4. The van der Waals surface area contributed by atoms with Gasteiger partial charge < -0.3 is 5.32 Å². The molecule has 0 bridgehead atoms. The van der Waals surface area contributed by atoms with Crippen molar-refractivity contribution in [3.05, 3.63) is 45.4 Å². The number of carbonyl (C=O) groups excluding carboxylic acids is 1. The van der Waals surface area contributed by atoms with E-state index in [0.717, 1.165) is 16.8 Å². The maximum absolute atomic E-state index is 12.1. The molecule has 0 saturated carbocycles. The normalized spacial score (nSPS) is 11.0. The zero-order chi connectivity index (χ0) is 17.3. The van der Waals surface area contributed by atoms with E-state index in [0.29, 0.717) is 15.0 Å². The summed E-state index contributed by atoms with van der Waals surface area (Å²) in [5, 5.41) is 14.8. The number of fused-ring (bicyclic) bond motifs is 1. The summed E-state index contributed by atoms with van der Waals surface area (Å²) in [5.41, 5.74) is 2.97. The van der Waals surface area contributed by atoms with Gasteiger partial charge in [0.15, 0.2) is 4.34 Å². The highest BCUT2D eigenvalue weighted by Gasteiger charge is 2.12. The third-order valence-electron chi connectivity index (χ3n) is 3.31. The Labute approximate surface area is 146 Å². The van der Waals surface area contributed by atoms with Crippen molar-refractivity contribution in [3.8, 4) is 0 Å². The molecule has 0 unspecified atom stereocenters. The maximum atomic E-state index is 12.1. The Morgan fingerprint density at radius 2 is 2.08 bits per heavy atom. The number of carbonyl (C=O) groups is 1. The first-order valence-electron chi connectivity index (χ1n) is 7.17. The molecule has 0 radical (unpaired) electrons. The highest BCUT2D eigenvalue weighted by atomic mass is 32.2. The van der Waals surface area contributed by atoms with Gasteiger partial charge in [-0.05, 0) is 32.4 Å². The van der Waals surface area contributed by atoms with Crippen LogP contribution in [0.3, 0.4) is 0 Å². The molecule has 2 heterocycles. The van der Waals surface area contributed by atoms with Crippen LogP contribution in [0.15, 0.2) is 27.3 Å². The summed E-state index contributed by atoms with van der Waals surface area (Å²) < 4.78 is 1.82. The van der Waals surface area contributed by atoms with Crippen molar-refractivity contribution in [2.75, 3.05) is 11.1 Å². The lowest BCUT2D eigenvalue weighted by Gasteiger charge is -2.08. The molecule has 0 saturated heterocycles. The monoisotopic (exact) mass is 361 g/mol. The van der Waals surface area contributed by atoms with Gasteiger partial charge in [0.05, 0.1) is 5.75 Å². The van der Waals surface area contributed by atoms with E-state index < -0.39 is 0 Å². The van der Waals surface area contributed by atoms with Crippen molar-refractivity contribution in [2.45, 2.75) is 25.1 Å². The molecule has 1 N–H and O–H groups in total. The Morgan fingerprint density at radius 1 is 1.29 bits per heavy atom. The van der Waals surface area contributed by atoms with E-state index in [-0.39, 0.29) is 17.2 Å². The van der Waals surface area contributed by atoms with Crippen LogP contribution in [0.2, 0.25) is 0 Å². The predicted molar refractivity (Wildman–Crippen MR) is 94.9 cm³/mol. The van der Waals surface area contributed by atoms with Gasteiger partial charge in [0.25, 0.3) is 5.56 Å². The molecule has 7 nitrogen and oxygen atoms in total. The van der Waals surface area contributed by atoms with Crippen LogP contribution in [0, 0.1) is 20.8 Å². The summed E-state index contributed by atoms with van der Waals surface area (Å²) in [5.74, 6) is 0.0784. The van der Waals surface area contributed by atoms with Crippen molar-refractivity contribution in [3.63, 3.8) is 0 Å². The summed E-state index contributed by atoms with van der Waals surface area (Å²) in [7, 11) is 0. The lowest BCUT2D eigenvalue weighted by Crippen LogP contribution is -2.19. The minimum absolute atomic E-state index is 0.124. The van der Waals surface area contributed by atoms with Gasteiger partial charge in [-0.15, -0.1) is 15.3 Å². The molecule has 3 aromatic rings. The smallest absolute Gasteiger partial charge is 0.296 e. The second-order valence-electron chi connectivity index (χ2n) is 5.31. The Bertz CT molecular complexity index is 980. The molecule has 0 spiro atoms. The average molecular weight is 361 g/mol. The van der Waals surface area contributed by atoms with Gasteiger partial charge in [-0.2, -0.15) is 4.52 Å². The van der Waals surface area contributed by atoms with Gasteiger partial charge in [-0.3, -0.25) is 9.59 Å². The Hall–Kier alpha value is -2.26. The number of benzene rings is 1. The van der Waals surface area contributed by atoms with E-state index >= 15 is 0 Å². The molecule has 9 heteroatoms. The van der Waals surface area contributed by atoms with Crippen molar-refractivity contribution < 1.29 is 4.79 Å². The maximum Gasteiger partial charge on any atom is 0.296 e. The minimum Gasteiger partial charge on any atom is -0.325 e. The predicted octanol–water partition coefficient (Wildman–Crippen LogP) is 2.20. The SMILES string of the molecule is Cc1ccc(NC(=O)CSc2nn3c(=O)c(C)nnc3s2)c(C)c1.